The summed E-state index contributed by atoms with van der Waals surface area (Å²) in [4.78, 5) is 6.68. The molecule has 0 unspecified atom stereocenters. The lowest BCUT2D eigenvalue weighted by molar-refractivity contribution is 0.205. The molecule has 35 heavy (non-hydrogen) atoms. The van der Waals surface area contributed by atoms with Crippen LogP contribution in [0.2, 0.25) is 0 Å². The first-order chi connectivity index (χ1) is 17.3. The second kappa shape index (κ2) is 11.5. The topological polar surface area (TPSA) is 95.0 Å². The molecule has 0 spiro atoms. The van der Waals surface area contributed by atoms with Crippen molar-refractivity contribution in [2.24, 2.45) is 7.05 Å². The molecular weight excluding hydrogens is 462 g/mol. The first kappa shape index (κ1) is 23.5. The zero-order valence-electron chi connectivity index (χ0n) is 19.8. The van der Waals surface area contributed by atoms with E-state index in [-0.39, 0.29) is 0 Å². The Kier molecular flexibility index (Phi) is 7.69. The highest BCUT2D eigenvalue weighted by Crippen LogP contribution is 2.26. The van der Waals surface area contributed by atoms with Crippen LogP contribution in [-0.4, -0.2) is 61.1 Å². The van der Waals surface area contributed by atoms with Gasteiger partial charge >= 0.3 is 0 Å². The van der Waals surface area contributed by atoms with Crippen molar-refractivity contribution in [1.82, 2.24) is 34.8 Å². The number of hydrogen-bond donors (Lipinski definition) is 0. The Morgan fingerprint density at radius 1 is 0.971 bits per heavy atom. The maximum absolute atomic E-state index is 5.91. The molecule has 0 N–H and O–H groups in total. The Bertz CT molecular complexity index is 1200. The van der Waals surface area contributed by atoms with Crippen molar-refractivity contribution in [2.45, 2.75) is 36.6 Å². The van der Waals surface area contributed by atoms with E-state index in [4.69, 9.17) is 9.15 Å². The fraction of sp³-hybridized carbons (Fsp3) is 0.400. The first-order valence-corrected chi connectivity index (χ1v) is 13.0. The van der Waals surface area contributed by atoms with Crippen LogP contribution < -0.4 is 4.74 Å². The molecule has 0 aliphatic carbocycles. The van der Waals surface area contributed by atoms with Crippen molar-refractivity contribution in [3.8, 4) is 28.6 Å². The zero-order valence-corrected chi connectivity index (χ0v) is 20.7. The van der Waals surface area contributed by atoms with Crippen LogP contribution in [0.3, 0.4) is 0 Å². The van der Waals surface area contributed by atoms with Crippen molar-refractivity contribution in [1.29, 1.82) is 0 Å². The maximum atomic E-state index is 5.91. The van der Waals surface area contributed by atoms with E-state index in [0.29, 0.717) is 17.5 Å². The van der Waals surface area contributed by atoms with Crippen molar-refractivity contribution in [3.63, 3.8) is 0 Å². The smallest absolute Gasteiger partial charge is 0.247 e. The van der Waals surface area contributed by atoms with Crippen molar-refractivity contribution < 1.29 is 9.15 Å². The minimum absolute atomic E-state index is 0.492. The molecule has 10 heteroatoms. The molecule has 9 nitrogen and oxygen atoms in total. The number of nitrogens with zero attached hydrogens (tertiary/aromatic N) is 7. The highest BCUT2D eigenvalue weighted by molar-refractivity contribution is 7.98. The van der Waals surface area contributed by atoms with Crippen LogP contribution in [0.25, 0.3) is 22.8 Å². The molecule has 4 aromatic rings. The third-order valence-corrected chi connectivity index (χ3v) is 6.99. The van der Waals surface area contributed by atoms with Gasteiger partial charge in [-0.3, -0.25) is 4.98 Å². The third-order valence-electron chi connectivity index (χ3n) is 5.98. The first-order valence-electron chi connectivity index (χ1n) is 12.0. The predicted octanol–water partition coefficient (Wildman–Crippen LogP) is 4.47. The Labute approximate surface area is 208 Å². The van der Waals surface area contributed by atoms with Gasteiger partial charge in [0, 0.05) is 37.1 Å². The molecule has 4 heterocycles. The van der Waals surface area contributed by atoms with E-state index in [9.17, 15) is 0 Å². The zero-order chi connectivity index (χ0) is 23.9. The van der Waals surface area contributed by atoms with Gasteiger partial charge in [0.05, 0.1) is 12.4 Å². The maximum Gasteiger partial charge on any atom is 0.247 e. The summed E-state index contributed by atoms with van der Waals surface area (Å²) in [6.07, 6.45) is 8.57. The third kappa shape index (κ3) is 6.07. The Morgan fingerprint density at radius 3 is 2.63 bits per heavy atom. The molecule has 1 aromatic carbocycles. The molecule has 3 aromatic heterocycles. The summed E-state index contributed by atoms with van der Waals surface area (Å²) in [5.41, 5.74) is 1.79. The monoisotopic (exact) mass is 491 g/mol. The fourth-order valence-corrected chi connectivity index (χ4v) is 4.84. The molecule has 182 valence electrons. The predicted molar refractivity (Wildman–Crippen MR) is 134 cm³/mol. The highest BCUT2D eigenvalue weighted by Gasteiger charge is 2.14. The number of aromatic nitrogens is 6. The van der Waals surface area contributed by atoms with Gasteiger partial charge in [0.1, 0.15) is 5.75 Å². The lowest BCUT2D eigenvalue weighted by Gasteiger charge is -2.26. The minimum atomic E-state index is 0.492. The molecule has 0 atom stereocenters. The average Bonchev–Trinajstić information content (AvgIpc) is 3.53. The van der Waals surface area contributed by atoms with Gasteiger partial charge in [0.25, 0.3) is 0 Å². The van der Waals surface area contributed by atoms with Crippen LogP contribution in [0.1, 0.15) is 31.6 Å². The molecule has 1 aliphatic heterocycles. The van der Waals surface area contributed by atoms with Gasteiger partial charge in [-0.15, -0.1) is 20.4 Å². The summed E-state index contributed by atoms with van der Waals surface area (Å²) in [7, 11) is 1.93. The normalized spacial score (nSPS) is 14.3. The second-order valence-corrected chi connectivity index (χ2v) is 9.47. The lowest BCUT2D eigenvalue weighted by Crippen LogP contribution is -2.31. The summed E-state index contributed by atoms with van der Waals surface area (Å²) < 4.78 is 13.7. The van der Waals surface area contributed by atoms with Crippen LogP contribution in [0.4, 0.5) is 0 Å². The fourth-order valence-electron chi connectivity index (χ4n) is 4.10. The average molecular weight is 492 g/mol. The number of benzene rings is 1. The van der Waals surface area contributed by atoms with E-state index in [1.807, 2.05) is 48.0 Å². The molecule has 0 bridgehead atoms. The van der Waals surface area contributed by atoms with E-state index in [1.165, 1.54) is 44.1 Å². The van der Waals surface area contributed by atoms with E-state index in [1.54, 1.807) is 12.4 Å². The number of thioether (sulfide) groups is 1. The molecule has 0 radical (unpaired) electrons. The second-order valence-electron chi connectivity index (χ2n) is 8.53. The Balaban J connectivity index is 1.11. The van der Waals surface area contributed by atoms with Crippen molar-refractivity contribution >= 4 is 11.8 Å². The van der Waals surface area contributed by atoms with E-state index >= 15 is 0 Å². The number of ether oxygens (including phenoxy) is 1. The summed E-state index contributed by atoms with van der Waals surface area (Å²) in [5, 5.41) is 17.7. The van der Waals surface area contributed by atoms with Crippen molar-refractivity contribution in [2.75, 3.05) is 26.2 Å². The van der Waals surface area contributed by atoms with Gasteiger partial charge < -0.3 is 18.6 Å². The number of rotatable bonds is 10. The van der Waals surface area contributed by atoms with E-state index < -0.39 is 0 Å². The standard InChI is InChI=1S/C25H29N7O2S/c1-31-23(20-7-5-12-26-17-20)28-30-25(31)35-18-22-27-29-24(34-22)19-8-10-21(11-9-19)33-16-6-15-32-13-3-2-4-14-32/h5,7-12,17H,2-4,6,13-16,18H2,1H3. The number of hydrogen-bond acceptors (Lipinski definition) is 9. The van der Waals surface area contributed by atoms with Gasteiger partial charge in [-0.2, -0.15) is 0 Å². The number of piperidine rings is 1. The summed E-state index contributed by atoms with van der Waals surface area (Å²) >= 11 is 1.50. The van der Waals surface area contributed by atoms with Crippen LogP contribution in [0, 0.1) is 0 Å². The van der Waals surface area contributed by atoms with Crippen LogP contribution in [0.15, 0.2) is 58.4 Å². The van der Waals surface area contributed by atoms with Crippen molar-refractivity contribution in [3.05, 3.63) is 54.7 Å². The van der Waals surface area contributed by atoms with Gasteiger partial charge in [-0.25, -0.2) is 0 Å². The summed E-state index contributed by atoms with van der Waals surface area (Å²) in [5.74, 6) is 3.15. The van der Waals surface area contributed by atoms with Gasteiger partial charge in [0.15, 0.2) is 11.0 Å². The molecule has 1 fully saturated rings. The van der Waals surface area contributed by atoms with Crippen LogP contribution in [0.5, 0.6) is 5.75 Å². The van der Waals surface area contributed by atoms with E-state index in [2.05, 4.69) is 30.3 Å². The molecule has 1 aliphatic rings. The van der Waals surface area contributed by atoms with Gasteiger partial charge in [-0.05, 0) is 68.8 Å². The molecule has 5 rings (SSSR count). The highest BCUT2D eigenvalue weighted by atomic mass is 32.2. The molecular formula is C25H29N7O2S. The minimum Gasteiger partial charge on any atom is -0.494 e. The summed E-state index contributed by atoms with van der Waals surface area (Å²) in [6, 6.07) is 11.6. The van der Waals surface area contributed by atoms with Gasteiger partial charge in [0.2, 0.25) is 11.8 Å². The quantitative estimate of drug-likeness (QED) is 0.235. The number of likely N-dealkylation sites (tertiary alicyclic amines) is 1. The molecule has 0 amide bonds. The number of pyridine rings is 1. The lowest BCUT2D eigenvalue weighted by atomic mass is 10.1. The summed E-state index contributed by atoms with van der Waals surface area (Å²) in [6.45, 7) is 4.29. The van der Waals surface area contributed by atoms with Gasteiger partial charge in [-0.1, -0.05) is 18.2 Å². The van der Waals surface area contributed by atoms with Crippen LogP contribution >= 0.6 is 11.8 Å². The molecule has 1 saturated heterocycles. The largest absolute Gasteiger partial charge is 0.494 e. The van der Waals surface area contributed by atoms with E-state index in [0.717, 1.165) is 47.4 Å². The molecule has 0 saturated carbocycles. The Morgan fingerprint density at radius 2 is 1.83 bits per heavy atom. The Hall–Kier alpha value is -3.24. The SMILES string of the molecule is Cn1c(SCc2nnc(-c3ccc(OCCCN4CCCCC4)cc3)o2)nnc1-c1cccnc1. The van der Waals surface area contributed by atoms with Crippen LogP contribution in [-0.2, 0) is 12.8 Å².